The highest BCUT2D eigenvalue weighted by molar-refractivity contribution is 7.53. The molecule has 0 unspecified atom stereocenters. The lowest BCUT2D eigenvalue weighted by atomic mass is 10.2. The number of carbonyl (C=O) groups excluding carboxylic acids is 2. The molecule has 8 heteroatoms. The minimum Gasteiger partial charge on any atom is -0.463 e. The third-order valence-corrected chi connectivity index (χ3v) is 5.78. The maximum atomic E-state index is 12.9. The molecule has 0 fully saturated rings. The number of rotatable bonds is 19. The molecule has 0 amide bonds. The molecule has 0 rings (SSSR count). The molecule has 0 N–H and O–H groups in total. The number of hydrogen-bond donors (Lipinski definition) is 0. The molecule has 0 aromatic heterocycles. The van der Waals surface area contributed by atoms with Gasteiger partial charge in [-0.3, -0.25) is 4.57 Å². The van der Waals surface area contributed by atoms with E-state index >= 15 is 0 Å². The van der Waals surface area contributed by atoms with Crippen LogP contribution in [0.15, 0.2) is 25.3 Å². The summed E-state index contributed by atoms with van der Waals surface area (Å²) in [7, 11) is -3.15. The first-order valence-corrected chi connectivity index (χ1v) is 11.7. The molecule has 0 aliphatic heterocycles. The molecule has 162 valence electrons. The molecule has 0 aromatic carbocycles. The van der Waals surface area contributed by atoms with Gasteiger partial charge in [-0.15, -0.1) is 0 Å². The highest BCUT2D eigenvalue weighted by Gasteiger charge is 2.23. The van der Waals surface area contributed by atoms with E-state index in [2.05, 4.69) is 20.1 Å². The quantitative estimate of drug-likeness (QED) is 0.129. The summed E-state index contributed by atoms with van der Waals surface area (Å²) in [5.41, 5.74) is 0. The van der Waals surface area contributed by atoms with Crippen molar-refractivity contribution in [2.45, 2.75) is 58.3 Å². The van der Waals surface area contributed by atoms with Crippen molar-refractivity contribution in [3.05, 3.63) is 25.3 Å². The van der Waals surface area contributed by atoms with E-state index in [1.807, 2.05) is 0 Å². The van der Waals surface area contributed by atoms with Gasteiger partial charge in [0.15, 0.2) is 0 Å². The van der Waals surface area contributed by atoms with E-state index in [9.17, 15) is 14.2 Å². The van der Waals surface area contributed by atoms with Gasteiger partial charge >= 0.3 is 19.5 Å². The summed E-state index contributed by atoms with van der Waals surface area (Å²) >= 11 is 0. The summed E-state index contributed by atoms with van der Waals surface area (Å²) in [6, 6.07) is 0. The fourth-order valence-corrected chi connectivity index (χ4v) is 3.94. The summed E-state index contributed by atoms with van der Waals surface area (Å²) in [6.07, 6.45) is 9.05. The number of hydrogen-bond acceptors (Lipinski definition) is 7. The Hall–Kier alpha value is -1.43. The van der Waals surface area contributed by atoms with Crippen LogP contribution in [0.25, 0.3) is 0 Å². The van der Waals surface area contributed by atoms with E-state index < -0.39 is 19.5 Å². The van der Waals surface area contributed by atoms with Gasteiger partial charge in [-0.2, -0.15) is 0 Å². The predicted molar refractivity (Wildman–Crippen MR) is 109 cm³/mol. The average Bonchev–Trinajstić information content (AvgIpc) is 2.70. The fourth-order valence-electron chi connectivity index (χ4n) is 2.18. The predicted octanol–water partition coefficient (Wildman–Crippen LogP) is 4.81. The summed E-state index contributed by atoms with van der Waals surface area (Å²) < 4.78 is 33.8. The van der Waals surface area contributed by atoms with Crippen molar-refractivity contribution in [1.82, 2.24) is 0 Å². The van der Waals surface area contributed by atoms with Gasteiger partial charge in [0, 0.05) is 12.2 Å². The highest BCUT2D eigenvalue weighted by Crippen LogP contribution is 2.49. The molecule has 0 saturated heterocycles. The molecule has 0 radical (unpaired) electrons. The molecule has 0 aromatic rings. The largest absolute Gasteiger partial charge is 0.463 e. The van der Waals surface area contributed by atoms with E-state index in [1.54, 1.807) is 0 Å². The molecular formula is C20H35O7P. The lowest BCUT2D eigenvalue weighted by Crippen LogP contribution is -2.07. The maximum Gasteiger partial charge on any atom is 0.330 e. The zero-order valence-corrected chi connectivity index (χ0v) is 18.0. The van der Waals surface area contributed by atoms with Crippen molar-refractivity contribution in [2.75, 3.05) is 32.6 Å². The lowest BCUT2D eigenvalue weighted by molar-refractivity contribution is -0.138. The SMILES string of the molecule is C=CC(=O)OCCCCOP(=O)(CCCCCC)OCCCCOC(=O)C=C. The third-order valence-electron chi connectivity index (χ3n) is 3.76. The Kier molecular flexibility index (Phi) is 16.8. The van der Waals surface area contributed by atoms with Gasteiger partial charge in [0.1, 0.15) is 0 Å². The van der Waals surface area contributed by atoms with Crippen molar-refractivity contribution in [3.63, 3.8) is 0 Å². The van der Waals surface area contributed by atoms with Crippen LogP contribution in [-0.2, 0) is 32.7 Å². The van der Waals surface area contributed by atoms with Gasteiger partial charge in [0.2, 0.25) is 0 Å². The lowest BCUT2D eigenvalue weighted by Gasteiger charge is -2.19. The summed E-state index contributed by atoms with van der Waals surface area (Å²) in [4.78, 5) is 21.9. The van der Waals surface area contributed by atoms with Crippen LogP contribution in [0.1, 0.15) is 58.3 Å². The topological polar surface area (TPSA) is 88.1 Å². The number of unbranched alkanes of at least 4 members (excludes halogenated alkanes) is 5. The van der Waals surface area contributed by atoms with Gasteiger partial charge in [-0.05, 0) is 32.1 Å². The van der Waals surface area contributed by atoms with Gasteiger partial charge in [0.25, 0.3) is 0 Å². The van der Waals surface area contributed by atoms with Crippen molar-refractivity contribution in [3.8, 4) is 0 Å². The Morgan fingerprint density at radius 3 is 1.64 bits per heavy atom. The molecule has 7 nitrogen and oxygen atoms in total. The van der Waals surface area contributed by atoms with Crippen LogP contribution in [0.4, 0.5) is 0 Å². The van der Waals surface area contributed by atoms with E-state index in [1.165, 1.54) is 0 Å². The Labute approximate surface area is 169 Å². The minimum atomic E-state index is -3.15. The first-order valence-electron chi connectivity index (χ1n) is 9.94. The first kappa shape index (κ1) is 26.6. The molecule has 0 bridgehead atoms. The molecule has 28 heavy (non-hydrogen) atoms. The van der Waals surface area contributed by atoms with Crippen molar-refractivity contribution >= 4 is 19.5 Å². The van der Waals surface area contributed by atoms with E-state index in [4.69, 9.17) is 18.5 Å². The van der Waals surface area contributed by atoms with Crippen molar-refractivity contribution in [2.24, 2.45) is 0 Å². The molecule has 0 aliphatic carbocycles. The average molecular weight is 418 g/mol. The molecule has 0 spiro atoms. The van der Waals surface area contributed by atoms with Gasteiger partial charge < -0.3 is 18.5 Å². The van der Waals surface area contributed by atoms with Crippen molar-refractivity contribution in [1.29, 1.82) is 0 Å². The van der Waals surface area contributed by atoms with Crippen LogP contribution >= 0.6 is 7.60 Å². The smallest absolute Gasteiger partial charge is 0.330 e. The van der Waals surface area contributed by atoms with Crippen LogP contribution in [-0.4, -0.2) is 44.5 Å². The molecule has 0 atom stereocenters. The summed E-state index contributed by atoms with van der Waals surface area (Å²) in [5, 5.41) is 0. The Morgan fingerprint density at radius 2 is 1.21 bits per heavy atom. The number of ether oxygens (including phenoxy) is 2. The van der Waals surface area contributed by atoms with E-state index in [-0.39, 0.29) is 26.4 Å². The molecule has 0 aliphatic rings. The third kappa shape index (κ3) is 15.6. The highest BCUT2D eigenvalue weighted by atomic mass is 31.2. The molecule has 0 saturated carbocycles. The van der Waals surface area contributed by atoms with Crippen LogP contribution in [0.5, 0.6) is 0 Å². The number of esters is 2. The van der Waals surface area contributed by atoms with Crippen LogP contribution < -0.4 is 0 Å². The van der Waals surface area contributed by atoms with E-state index in [0.29, 0.717) is 31.8 Å². The Morgan fingerprint density at radius 1 is 0.750 bits per heavy atom. The molecular weight excluding hydrogens is 383 g/mol. The second kappa shape index (κ2) is 17.7. The second-order valence-corrected chi connectivity index (χ2v) is 8.40. The van der Waals surface area contributed by atoms with Gasteiger partial charge in [0.05, 0.1) is 32.6 Å². The van der Waals surface area contributed by atoms with Crippen LogP contribution in [0.2, 0.25) is 0 Å². The monoisotopic (exact) mass is 418 g/mol. The van der Waals surface area contributed by atoms with Crippen LogP contribution in [0.3, 0.4) is 0 Å². The van der Waals surface area contributed by atoms with Gasteiger partial charge in [-0.25, -0.2) is 9.59 Å². The van der Waals surface area contributed by atoms with Crippen LogP contribution in [0, 0.1) is 0 Å². The number of carbonyl (C=O) groups is 2. The van der Waals surface area contributed by atoms with E-state index in [0.717, 1.165) is 37.8 Å². The van der Waals surface area contributed by atoms with Crippen molar-refractivity contribution < 1.29 is 32.7 Å². The standard InChI is InChI=1S/C20H35O7P/c1-4-7-8-13-18-28(23,26-16-11-9-14-24-19(21)5-2)27-17-12-10-15-25-20(22)6-3/h5-6H,2-4,7-18H2,1H3. The summed E-state index contributed by atoms with van der Waals surface area (Å²) in [5.74, 6) is -0.908. The normalized spacial score (nSPS) is 11.0. The Balaban J connectivity index is 4.14. The first-order chi connectivity index (χ1) is 13.5. The maximum absolute atomic E-state index is 12.9. The fraction of sp³-hybridized carbons (Fsp3) is 0.700. The second-order valence-electron chi connectivity index (χ2n) is 6.22. The minimum absolute atomic E-state index is 0.277. The molecule has 0 heterocycles. The zero-order chi connectivity index (χ0) is 21.1. The zero-order valence-electron chi connectivity index (χ0n) is 17.1. The summed E-state index contributed by atoms with van der Waals surface area (Å²) in [6.45, 7) is 9.90. The van der Waals surface area contributed by atoms with Gasteiger partial charge in [-0.1, -0.05) is 39.3 Å². The Bertz CT molecular complexity index is 469.